The van der Waals surface area contributed by atoms with Crippen molar-refractivity contribution in [3.05, 3.63) is 29.8 Å². The van der Waals surface area contributed by atoms with Crippen molar-refractivity contribution in [1.29, 1.82) is 0 Å². The zero-order valence-electron chi connectivity index (χ0n) is 10.1. The number of nitrogens with one attached hydrogen (secondary N) is 1. The number of hydrogen-bond donors (Lipinski definition) is 1. The van der Waals surface area contributed by atoms with E-state index in [0.717, 1.165) is 13.0 Å². The summed E-state index contributed by atoms with van der Waals surface area (Å²) < 4.78 is 41.1. The molecule has 1 aliphatic heterocycles. The molecule has 1 aromatic carbocycles. The molecular weight excluding hydrogens is 243 g/mol. The monoisotopic (exact) mass is 259 g/mol. The van der Waals surface area contributed by atoms with E-state index in [1.165, 1.54) is 6.07 Å². The first-order chi connectivity index (χ1) is 8.46. The molecule has 0 aliphatic carbocycles. The van der Waals surface area contributed by atoms with Crippen LogP contribution in [0.15, 0.2) is 24.3 Å². The molecule has 0 bridgehead atoms. The van der Waals surface area contributed by atoms with Gasteiger partial charge in [0.15, 0.2) is 0 Å². The van der Waals surface area contributed by atoms with Crippen LogP contribution in [-0.4, -0.2) is 19.5 Å². The molecule has 0 spiro atoms. The Morgan fingerprint density at radius 2 is 1.94 bits per heavy atom. The molecule has 0 amide bonds. The number of para-hydroxylation sites is 1. The number of piperidine rings is 1. The fourth-order valence-electron chi connectivity index (χ4n) is 2.43. The Bertz CT molecular complexity index is 405. The topological polar surface area (TPSA) is 21.3 Å². The SMILES string of the molecule is CC1CNCC(c2ccccc2OC(F)(F)F)C1. The smallest absolute Gasteiger partial charge is 0.405 e. The maximum absolute atomic E-state index is 12.3. The predicted molar refractivity (Wildman–Crippen MR) is 62.5 cm³/mol. The second kappa shape index (κ2) is 5.18. The Kier molecular flexibility index (Phi) is 3.80. The highest BCUT2D eigenvalue weighted by Crippen LogP contribution is 2.35. The molecule has 1 saturated heterocycles. The Morgan fingerprint density at radius 1 is 1.22 bits per heavy atom. The third-order valence-electron chi connectivity index (χ3n) is 3.15. The minimum Gasteiger partial charge on any atom is -0.405 e. The standard InChI is InChI=1S/C13H16F3NO/c1-9-6-10(8-17-7-9)11-4-2-3-5-12(11)18-13(14,15)16/h2-5,9-10,17H,6-8H2,1H3. The highest BCUT2D eigenvalue weighted by atomic mass is 19.4. The summed E-state index contributed by atoms with van der Waals surface area (Å²) in [6, 6.07) is 6.40. The lowest BCUT2D eigenvalue weighted by Gasteiger charge is -2.29. The molecule has 0 aromatic heterocycles. The van der Waals surface area contributed by atoms with E-state index in [0.29, 0.717) is 18.0 Å². The maximum Gasteiger partial charge on any atom is 0.573 e. The van der Waals surface area contributed by atoms with Gasteiger partial charge in [-0.1, -0.05) is 25.1 Å². The van der Waals surface area contributed by atoms with Crippen molar-refractivity contribution in [2.45, 2.75) is 25.6 Å². The summed E-state index contributed by atoms with van der Waals surface area (Å²) in [7, 11) is 0. The van der Waals surface area contributed by atoms with Crippen LogP contribution in [-0.2, 0) is 0 Å². The molecule has 2 atom stereocenters. The van der Waals surface area contributed by atoms with Crippen LogP contribution >= 0.6 is 0 Å². The molecule has 2 nitrogen and oxygen atoms in total. The number of rotatable bonds is 2. The van der Waals surface area contributed by atoms with Crippen molar-refractivity contribution >= 4 is 0 Å². The van der Waals surface area contributed by atoms with Crippen molar-refractivity contribution in [3.8, 4) is 5.75 Å². The first-order valence-corrected chi connectivity index (χ1v) is 6.01. The fourth-order valence-corrected chi connectivity index (χ4v) is 2.43. The van der Waals surface area contributed by atoms with Gasteiger partial charge in [-0.25, -0.2) is 0 Å². The number of ether oxygens (including phenoxy) is 1. The summed E-state index contributed by atoms with van der Waals surface area (Å²) in [5, 5.41) is 3.24. The first kappa shape index (κ1) is 13.2. The Balaban J connectivity index is 2.21. The molecular formula is C13H16F3NO. The molecule has 0 saturated carbocycles. The van der Waals surface area contributed by atoms with Crippen LogP contribution in [0.3, 0.4) is 0 Å². The largest absolute Gasteiger partial charge is 0.573 e. The quantitative estimate of drug-likeness (QED) is 0.880. The van der Waals surface area contributed by atoms with Gasteiger partial charge < -0.3 is 10.1 Å². The molecule has 5 heteroatoms. The number of halogens is 3. The van der Waals surface area contributed by atoms with E-state index >= 15 is 0 Å². The molecule has 2 rings (SSSR count). The molecule has 1 aromatic rings. The average molecular weight is 259 g/mol. The summed E-state index contributed by atoms with van der Waals surface area (Å²) in [6.07, 6.45) is -3.75. The molecule has 18 heavy (non-hydrogen) atoms. The molecule has 1 aliphatic rings. The lowest BCUT2D eigenvalue weighted by Crippen LogP contribution is -2.34. The molecule has 1 fully saturated rings. The van der Waals surface area contributed by atoms with E-state index in [1.54, 1.807) is 18.2 Å². The zero-order chi connectivity index (χ0) is 13.2. The lowest BCUT2D eigenvalue weighted by molar-refractivity contribution is -0.275. The summed E-state index contributed by atoms with van der Waals surface area (Å²) in [5.74, 6) is 0.459. The van der Waals surface area contributed by atoms with Crippen LogP contribution in [0.4, 0.5) is 13.2 Å². The van der Waals surface area contributed by atoms with Gasteiger partial charge in [0.25, 0.3) is 0 Å². The van der Waals surface area contributed by atoms with Crippen LogP contribution in [0.2, 0.25) is 0 Å². The zero-order valence-corrected chi connectivity index (χ0v) is 10.1. The van der Waals surface area contributed by atoms with E-state index in [9.17, 15) is 13.2 Å². The summed E-state index contributed by atoms with van der Waals surface area (Å²) in [5.41, 5.74) is 0.633. The highest BCUT2D eigenvalue weighted by Gasteiger charge is 2.33. The van der Waals surface area contributed by atoms with Gasteiger partial charge >= 0.3 is 6.36 Å². The van der Waals surface area contributed by atoms with Gasteiger partial charge in [-0.05, 0) is 30.5 Å². The van der Waals surface area contributed by atoms with Crippen molar-refractivity contribution in [2.24, 2.45) is 5.92 Å². The second-order valence-electron chi connectivity index (χ2n) is 4.78. The number of alkyl halides is 3. The van der Waals surface area contributed by atoms with Crippen molar-refractivity contribution < 1.29 is 17.9 Å². The summed E-state index contributed by atoms with van der Waals surface area (Å²) >= 11 is 0. The van der Waals surface area contributed by atoms with E-state index in [4.69, 9.17) is 0 Å². The summed E-state index contributed by atoms with van der Waals surface area (Å²) in [6.45, 7) is 3.70. The Hall–Kier alpha value is -1.23. The van der Waals surface area contributed by atoms with Gasteiger partial charge in [0.05, 0.1) is 0 Å². The summed E-state index contributed by atoms with van der Waals surface area (Å²) in [4.78, 5) is 0. The van der Waals surface area contributed by atoms with E-state index in [2.05, 4.69) is 17.0 Å². The van der Waals surface area contributed by atoms with Crippen molar-refractivity contribution in [3.63, 3.8) is 0 Å². The predicted octanol–water partition coefficient (Wildman–Crippen LogP) is 3.30. The average Bonchev–Trinajstić information content (AvgIpc) is 2.27. The Labute approximate surface area is 104 Å². The fraction of sp³-hybridized carbons (Fsp3) is 0.538. The van der Waals surface area contributed by atoms with Crippen LogP contribution in [0.1, 0.15) is 24.8 Å². The number of hydrogen-bond acceptors (Lipinski definition) is 2. The van der Waals surface area contributed by atoms with Gasteiger partial charge in [0, 0.05) is 12.5 Å². The van der Waals surface area contributed by atoms with Crippen molar-refractivity contribution in [1.82, 2.24) is 5.32 Å². The van der Waals surface area contributed by atoms with Crippen LogP contribution in [0.25, 0.3) is 0 Å². The lowest BCUT2D eigenvalue weighted by atomic mass is 9.86. The molecule has 100 valence electrons. The Morgan fingerprint density at radius 3 is 2.61 bits per heavy atom. The minimum absolute atomic E-state index is 0.0762. The van der Waals surface area contributed by atoms with Gasteiger partial charge in [-0.3, -0.25) is 0 Å². The second-order valence-corrected chi connectivity index (χ2v) is 4.78. The third kappa shape index (κ3) is 3.38. The minimum atomic E-state index is -4.64. The van der Waals surface area contributed by atoms with E-state index < -0.39 is 6.36 Å². The maximum atomic E-state index is 12.3. The van der Waals surface area contributed by atoms with Crippen LogP contribution in [0, 0.1) is 5.92 Å². The van der Waals surface area contributed by atoms with Crippen molar-refractivity contribution in [2.75, 3.05) is 13.1 Å². The number of benzene rings is 1. The third-order valence-corrected chi connectivity index (χ3v) is 3.15. The molecule has 1 heterocycles. The van der Waals surface area contributed by atoms with Gasteiger partial charge in [-0.2, -0.15) is 0 Å². The van der Waals surface area contributed by atoms with Crippen LogP contribution < -0.4 is 10.1 Å². The van der Waals surface area contributed by atoms with Gasteiger partial charge in [0.2, 0.25) is 0 Å². The van der Waals surface area contributed by atoms with Crippen LogP contribution in [0.5, 0.6) is 5.75 Å². The van der Waals surface area contributed by atoms with Gasteiger partial charge in [0.1, 0.15) is 5.75 Å². The normalized spacial score (nSPS) is 24.9. The van der Waals surface area contributed by atoms with E-state index in [-0.39, 0.29) is 11.7 Å². The first-order valence-electron chi connectivity index (χ1n) is 6.01. The highest BCUT2D eigenvalue weighted by molar-refractivity contribution is 5.37. The molecule has 0 radical (unpaired) electrons. The molecule has 1 N–H and O–H groups in total. The molecule has 2 unspecified atom stereocenters. The van der Waals surface area contributed by atoms with E-state index in [1.807, 2.05) is 0 Å². The van der Waals surface area contributed by atoms with Gasteiger partial charge in [-0.15, -0.1) is 13.2 Å².